The predicted molar refractivity (Wildman–Crippen MR) is 52.6 cm³/mol. The maximum Gasteiger partial charge on any atom is 0.391 e. The van der Waals surface area contributed by atoms with E-state index in [1.165, 1.54) is 0 Å². The second kappa shape index (κ2) is 4.73. The van der Waals surface area contributed by atoms with Crippen LogP contribution in [0, 0.1) is 11.8 Å². The van der Waals surface area contributed by atoms with Gasteiger partial charge in [0.15, 0.2) is 0 Å². The van der Waals surface area contributed by atoms with Crippen LogP contribution in [0.2, 0.25) is 0 Å². The lowest BCUT2D eigenvalue weighted by molar-refractivity contribution is -0.199. The van der Waals surface area contributed by atoms with Crippen LogP contribution in [0.5, 0.6) is 0 Å². The van der Waals surface area contributed by atoms with Crippen molar-refractivity contribution in [3.63, 3.8) is 0 Å². The molecule has 0 radical (unpaired) electrons. The van der Waals surface area contributed by atoms with E-state index in [1.54, 1.807) is 0 Å². The van der Waals surface area contributed by atoms with Crippen LogP contribution in [0.4, 0.5) is 13.2 Å². The van der Waals surface area contributed by atoms with Crippen molar-refractivity contribution in [1.82, 2.24) is 0 Å². The van der Waals surface area contributed by atoms with E-state index in [-0.39, 0.29) is 31.0 Å². The highest BCUT2D eigenvalue weighted by molar-refractivity contribution is 4.81. The quantitative estimate of drug-likeness (QED) is 0.693. The van der Waals surface area contributed by atoms with Gasteiger partial charge in [0.25, 0.3) is 0 Å². The summed E-state index contributed by atoms with van der Waals surface area (Å²) in [5.74, 6) is -1.07. The average molecular weight is 224 g/mol. The molecule has 0 aromatic rings. The van der Waals surface area contributed by atoms with E-state index in [0.717, 1.165) is 6.42 Å². The Balaban J connectivity index is 2.56. The second-order valence-electron chi connectivity index (χ2n) is 4.86. The number of rotatable bonds is 2. The van der Waals surface area contributed by atoms with E-state index < -0.39 is 12.1 Å². The van der Waals surface area contributed by atoms with Crippen molar-refractivity contribution in [3.8, 4) is 0 Å². The zero-order valence-electron chi connectivity index (χ0n) is 9.47. The monoisotopic (exact) mass is 224 g/mol. The third kappa shape index (κ3) is 4.01. The summed E-state index contributed by atoms with van der Waals surface area (Å²) in [5, 5.41) is 0. The molecule has 0 amide bonds. The van der Waals surface area contributed by atoms with E-state index in [0.29, 0.717) is 0 Å². The van der Waals surface area contributed by atoms with Gasteiger partial charge in [-0.25, -0.2) is 0 Å². The molecule has 1 aliphatic rings. The fourth-order valence-corrected chi connectivity index (χ4v) is 2.30. The van der Waals surface area contributed by atoms with Crippen molar-refractivity contribution in [3.05, 3.63) is 0 Å². The molecule has 1 fully saturated rings. The van der Waals surface area contributed by atoms with Gasteiger partial charge >= 0.3 is 6.18 Å². The van der Waals surface area contributed by atoms with Crippen molar-refractivity contribution >= 4 is 0 Å². The fraction of sp³-hybridized carbons (Fsp3) is 1.00. The van der Waals surface area contributed by atoms with Crippen LogP contribution in [0.15, 0.2) is 0 Å². The van der Waals surface area contributed by atoms with Crippen LogP contribution in [0.1, 0.15) is 40.0 Å². The first-order valence-corrected chi connectivity index (χ1v) is 5.51. The molecule has 0 aliphatic heterocycles. The summed E-state index contributed by atoms with van der Waals surface area (Å²) in [6, 6.07) is 0. The average Bonchev–Trinajstić information content (AvgIpc) is 1.99. The standard InChI is InChI=1S/C11H19F3O/c1-7(2)15-10-5-8(3)4-9(6-10)11(12,13)14/h7-10H,4-6H2,1-3H3/t8-,9?,10?/m0/s1. The number of halogens is 3. The molecule has 1 nitrogen and oxygen atoms in total. The minimum absolute atomic E-state index is 0.00850. The Morgan fingerprint density at radius 3 is 2.20 bits per heavy atom. The highest BCUT2D eigenvalue weighted by Gasteiger charge is 2.44. The van der Waals surface area contributed by atoms with Crippen LogP contribution in [0.3, 0.4) is 0 Å². The molecule has 3 atom stereocenters. The predicted octanol–water partition coefficient (Wildman–Crippen LogP) is 3.78. The summed E-state index contributed by atoms with van der Waals surface area (Å²) >= 11 is 0. The Bertz CT molecular complexity index is 198. The van der Waals surface area contributed by atoms with E-state index in [2.05, 4.69) is 0 Å². The number of ether oxygens (including phenoxy) is 1. The summed E-state index contributed by atoms with van der Waals surface area (Å²) in [7, 11) is 0. The first kappa shape index (κ1) is 12.8. The highest BCUT2D eigenvalue weighted by atomic mass is 19.4. The fourth-order valence-electron chi connectivity index (χ4n) is 2.30. The molecule has 4 heteroatoms. The van der Waals surface area contributed by atoms with Crippen LogP contribution in [-0.4, -0.2) is 18.4 Å². The highest BCUT2D eigenvalue weighted by Crippen LogP contribution is 2.40. The van der Waals surface area contributed by atoms with Gasteiger partial charge in [-0.15, -0.1) is 0 Å². The van der Waals surface area contributed by atoms with Gasteiger partial charge in [-0.1, -0.05) is 6.92 Å². The molecule has 0 saturated heterocycles. The third-order valence-corrected chi connectivity index (χ3v) is 2.83. The molecule has 1 aliphatic carbocycles. The topological polar surface area (TPSA) is 9.23 Å². The molecule has 0 heterocycles. The lowest BCUT2D eigenvalue weighted by atomic mass is 9.80. The second-order valence-corrected chi connectivity index (χ2v) is 4.86. The Labute approximate surface area is 89.0 Å². The van der Waals surface area contributed by atoms with Gasteiger partial charge in [0.2, 0.25) is 0 Å². The van der Waals surface area contributed by atoms with Gasteiger partial charge in [-0.2, -0.15) is 13.2 Å². The smallest absolute Gasteiger partial charge is 0.376 e. The van der Waals surface area contributed by atoms with E-state index in [9.17, 15) is 13.2 Å². The summed E-state index contributed by atoms with van der Waals surface area (Å²) in [5.41, 5.74) is 0. The lowest BCUT2D eigenvalue weighted by Gasteiger charge is -2.35. The maximum atomic E-state index is 12.6. The summed E-state index contributed by atoms with van der Waals surface area (Å²) < 4.78 is 43.2. The Morgan fingerprint density at radius 2 is 1.73 bits per heavy atom. The van der Waals surface area contributed by atoms with Gasteiger partial charge < -0.3 is 4.74 Å². The van der Waals surface area contributed by atoms with Crippen LogP contribution in [0.25, 0.3) is 0 Å². The van der Waals surface area contributed by atoms with Crippen LogP contribution < -0.4 is 0 Å². The SMILES string of the molecule is CC(C)OC1CC(C(F)(F)F)C[C@H](C)C1. The number of alkyl halides is 3. The largest absolute Gasteiger partial charge is 0.391 e. The normalized spacial score (nSPS) is 33.4. The third-order valence-electron chi connectivity index (χ3n) is 2.83. The summed E-state index contributed by atoms with van der Waals surface area (Å²) in [6.45, 7) is 5.60. The van der Waals surface area contributed by atoms with Gasteiger partial charge in [-0.05, 0) is 39.0 Å². The summed E-state index contributed by atoms with van der Waals surface area (Å²) in [6.07, 6.45) is -3.14. The van der Waals surface area contributed by atoms with Crippen molar-refractivity contribution in [2.24, 2.45) is 11.8 Å². The van der Waals surface area contributed by atoms with Gasteiger partial charge in [0, 0.05) is 0 Å². The Morgan fingerprint density at radius 1 is 1.13 bits per heavy atom. The van der Waals surface area contributed by atoms with Gasteiger partial charge in [0.05, 0.1) is 18.1 Å². The van der Waals surface area contributed by atoms with Crippen molar-refractivity contribution < 1.29 is 17.9 Å². The molecule has 1 saturated carbocycles. The van der Waals surface area contributed by atoms with Crippen LogP contribution >= 0.6 is 0 Å². The number of hydrogen-bond acceptors (Lipinski definition) is 1. The zero-order chi connectivity index (χ0) is 11.6. The molecule has 15 heavy (non-hydrogen) atoms. The maximum absolute atomic E-state index is 12.6. The molecule has 0 bridgehead atoms. The van der Waals surface area contributed by atoms with Crippen molar-refractivity contribution in [1.29, 1.82) is 0 Å². The van der Waals surface area contributed by atoms with Gasteiger partial charge in [0.1, 0.15) is 0 Å². The Hall–Kier alpha value is -0.250. The van der Waals surface area contributed by atoms with E-state index in [1.807, 2.05) is 20.8 Å². The number of hydrogen-bond donors (Lipinski definition) is 0. The molecule has 0 aromatic heterocycles. The van der Waals surface area contributed by atoms with Crippen LogP contribution in [-0.2, 0) is 4.74 Å². The molecule has 2 unspecified atom stereocenters. The molecule has 0 aromatic carbocycles. The minimum Gasteiger partial charge on any atom is -0.376 e. The molecule has 0 spiro atoms. The molecule has 0 N–H and O–H groups in total. The van der Waals surface area contributed by atoms with E-state index in [4.69, 9.17) is 4.74 Å². The van der Waals surface area contributed by atoms with E-state index >= 15 is 0 Å². The first-order chi connectivity index (χ1) is 6.79. The molecular formula is C11H19F3O. The lowest BCUT2D eigenvalue weighted by Crippen LogP contribution is -2.36. The van der Waals surface area contributed by atoms with Crippen molar-refractivity contribution in [2.45, 2.75) is 58.4 Å². The molecule has 90 valence electrons. The first-order valence-electron chi connectivity index (χ1n) is 5.51. The Kier molecular flexibility index (Phi) is 4.04. The molecular weight excluding hydrogens is 205 g/mol. The summed E-state index contributed by atoms with van der Waals surface area (Å²) in [4.78, 5) is 0. The minimum atomic E-state index is -4.06. The molecule has 1 rings (SSSR count). The van der Waals surface area contributed by atoms with Gasteiger partial charge in [-0.3, -0.25) is 0 Å². The van der Waals surface area contributed by atoms with Crippen molar-refractivity contribution in [2.75, 3.05) is 0 Å². The zero-order valence-corrected chi connectivity index (χ0v) is 9.47.